The van der Waals surface area contributed by atoms with Gasteiger partial charge in [0, 0.05) is 12.3 Å². The lowest BCUT2D eigenvalue weighted by atomic mass is 9.70. The van der Waals surface area contributed by atoms with E-state index in [-0.39, 0.29) is 16.6 Å². The molecule has 0 radical (unpaired) electrons. The average molecular weight is 434 g/mol. The summed E-state index contributed by atoms with van der Waals surface area (Å²) in [5.41, 5.74) is 2.88. The van der Waals surface area contributed by atoms with E-state index in [0.29, 0.717) is 6.42 Å². The van der Waals surface area contributed by atoms with Crippen molar-refractivity contribution in [2.45, 2.75) is 43.0 Å². The van der Waals surface area contributed by atoms with Crippen LogP contribution in [-0.2, 0) is 14.8 Å². The molecule has 0 aliphatic heterocycles. The molecule has 1 saturated carbocycles. The molecule has 0 spiro atoms. The van der Waals surface area contributed by atoms with Crippen LogP contribution >= 0.6 is 0 Å². The second kappa shape index (κ2) is 9.16. The number of hydrogen-bond acceptors (Lipinski definition) is 3. The van der Waals surface area contributed by atoms with Gasteiger partial charge in [0.1, 0.15) is 5.78 Å². The van der Waals surface area contributed by atoms with Gasteiger partial charge in [0.15, 0.2) is 0 Å². The molecule has 1 aliphatic rings. The summed E-state index contributed by atoms with van der Waals surface area (Å²) in [7, 11) is -3.80. The summed E-state index contributed by atoms with van der Waals surface area (Å²) in [6.07, 6.45) is 2.15. The summed E-state index contributed by atoms with van der Waals surface area (Å²) >= 11 is 0. The SMILES string of the molecule is Cc1ccc(S(=O)(=O)N[C@@H](c2ccccc2)[C@@H]2C(=O)CCC[C@H]2c2ccccc2)cc1. The molecule has 160 valence electrons. The molecule has 31 heavy (non-hydrogen) atoms. The maximum atomic E-state index is 13.3. The lowest BCUT2D eigenvalue weighted by molar-refractivity contribution is -0.126. The highest BCUT2D eigenvalue weighted by molar-refractivity contribution is 7.89. The van der Waals surface area contributed by atoms with Gasteiger partial charge in [0.05, 0.1) is 10.9 Å². The van der Waals surface area contributed by atoms with E-state index in [2.05, 4.69) is 4.72 Å². The molecular formula is C26H27NO3S. The number of nitrogens with one attached hydrogen (secondary N) is 1. The summed E-state index contributed by atoms with van der Waals surface area (Å²) in [6, 6.07) is 25.6. The number of carbonyl (C=O) groups excluding carboxylic acids is 1. The van der Waals surface area contributed by atoms with E-state index in [4.69, 9.17) is 0 Å². The van der Waals surface area contributed by atoms with Crippen LogP contribution in [0.4, 0.5) is 0 Å². The first-order valence-electron chi connectivity index (χ1n) is 10.7. The average Bonchev–Trinajstić information content (AvgIpc) is 2.79. The molecule has 0 unspecified atom stereocenters. The van der Waals surface area contributed by atoms with Crippen LogP contribution < -0.4 is 4.72 Å². The van der Waals surface area contributed by atoms with Gasteiger partial charge >= 0.3 is 0 Å². The Labute approximate surface area is 184 Å². The zero-order valence-corrected chi connectivity index (χ0v) is 18.4. The second-order valence-corrected chi connectivity index (χ2v) is 9.94. The Morgan fingerprint density at radius 2 is 1.48 bits per heavy atom. The van der Waals surface area contributed by atoms with E-state index in [0.717, 1.165) is 29.5 Å². The van der Waals surface area contributed by atoms with E-state index < -0.39 is 22.0 Å². The Morgan fingerprint density at radius 1 is 0.871 bits per heavy atom. The highest BCUT2D eigenvalue weighted by atomic mass is 32.2. The van der Waals surface area contributed by atoms with Crippen LogP contribution in [0.3, 0.4) is 0 Å². The van der Waals surface area contributed by atoms with Gasteiger partial charge in [0.25, 0.3) is 0 Å². The Kier molecular flexibility index (Phi) is 6.35. The fourth-order valence-electron chi connectivity index (χ4n) is 4.52. The summed E-state index contributed by atoms with van der Waals surface area (Å²) in [5, 5.41) is 0. The third-order valence-electron chi connectivity index (χ3n) is 6.10. The Hall–Kier alpha value is -2.76. The molecule has 0 amide bonds. The molecule has 1 fully saturated rings. The van der Waals surface area contributed by atoms with Crippen molar-refractivity contribution in [3.8, 4) is 0 Å². The predicted octanol–water partition coefficient (Wildman–Crippen LogP) is 5.17. The van der Waals surface area contributed by atoms with Crippen molar-refractivity contribution in [3.63, 3.8) is 0 Å². The number of sulfonamides is 1. The molecule has 0 bridgehead atoms. The highest BCUT2D eigenvalue weighted by Crippen LogP contribution is 2.43. The minimum Gasteiger partial charge on any atom is -0.299 e. The maximum Gasteiger partial charge on any atom is 0.241 e. The summed E-state index contributed by atoms with van der Waals surface area (Å²) in [6.45, 7) is 1.92. The number of Topliss-reactive ketones (excluding diaryl/α,β-unsaturated/α-hetero) is 1. The second-order valence-electron chi connectivity index (χ2n) is 8.22. The number of aryl methyl sites for hydroxylation is 1. The molecule has 0 aromatic heterocycles. The van der Waals surface area contributed by atoms with Crippen molar-refractivity contribution in [2.75, 3.05) is 0 Å². The first-order chi connectivity index (χ1) is 15.0. The standard InChI is InChI=1S/C26H27NO3S/c1-19-15-17-22(18-16-19)31(29,30)27-26(21-11-6-3-7-12-21)25-23(13-8-14-24(25)28)20-9-4-2-5-10-20/h2-7,9-12,15-18,23,25-27H,8,13-14H2,1H3/t23-,25-,26-/m0/s1. The van der Waals surface area contributed by atoms with Crippen LogP contribution in [0.5, 0.6) is 0 Å². The number of ketones is 1. The molecule has 1 aliphatic carbocycles. The first-order valence-corrected chi connectivity index (χ1v) is 12.2. The largest absolute Gasteiger partial charge is 0.299 e. The zero-order chi connectivity index (χ0) is 21.8. The third-order valence-corrected chi connectivity index (χ3v) is 7.56. The fourth-order valence-corrected chi connectivity index (χ4v) is 5.77. The number of rotatable bonds is 6. The van der Waals surface area contributed by atoms with Gasteiger partial charge in [-0.3, -0.25) is 4.79 Å². The molecule has 0 saturated heterocycles. The molecular weight excluding hydrogens is 406 g/mol. The van der Waals surface area contributed by atoms with E-state index in [9.17, 15) is 13.2 Å². The van der Waals surface area contributed by atoms with Crippen molar-refractivity contribution in [1.82, 2.24) is 4.72 Å². The topological polar surface area (TPSA) is 63.2 Å². The maximum absolute atomic E-state index is 13.3. The molecule has 0 heterocycles. The summed E-state index contributed by atoms with van der Waals surface area (Å²) in [5.74, 6) is -0.382. The van der Waals surface area contributed by atoms with E-state index in [1.807, 2.05) is 67.6 Å². The lowest BCUT2D eigenvalue weighted by Gasteiger charge is -2.37. The molecule has 1 N–H and O–H groups in total. The Bertz CT molecular complexity index is 1130. The van der Waals surface area contributed by atoms with Gasteiger partial charge in [-0.1, -0.05) is 78.4 Å². The van der Waals surface area contributed by atoms with Crippen molar-refractivity contribution < 1.29 is 13.2 Å². The van der Waals surface area contributed by atoms with Crippen LogP contribution in [0.1, 0.15) is 47.9 Å². The molecule has 4 rings (SSSR count). The summed E-state index contributed by atoms with van der Waals surface area (Å²) in [4.78, 5) is 13.4. The lowest BCUT2D eigenvalue weighted by Crippen LogP contribution is -2.41. The normalized spacial score (nSPS) is 20.4. The van der Waals surface area contributed by atoms with E-state index in [1.165, 1.54) is 0 Å². The van der Waals surface area contributed by atoms with Crippen molar-refractivity contribution in [3.05, 3.63) is 102 Å². The Morgan fingerprint density at radius 3 is 2.13 bits per heavy atom. The molecule has 3 atom stereocenters. The van der Waals surface area contributed by atoms with Crippen LogP contribution in [0.2, 0.25) is 0 Å². The van der Waals surface area contributed by atoms with E-state index >= 15 is 0 Å². The number of hydrogen-bond donors (Lipinski definition) is 1. The van der Waals surface area contributed by atoms with Gasteiger partial charge in [-0.25, -0.2) is 13.1 Å². The van der Waals surface area contributed by atoms with Crippen LogP contribution in [-0.4, -0.2) is 14.2 Å². The molecule has 4 nitrogen and oxygen atoms in total. The highest BCUT2D eigenvalue weighted by Gasteiger charge is 2.41. The number of benzene rings is 3. The van der Waals surface area contributed by atoms with Crippen molar-refractivity contribution in [2.24, 2.45) is 5.92 Å². The van der Waals surface area contributed by atoms with Crippen molar-refractivity contribution in [1.29, 1.82) is 0 Å². The van der Waals surface area contributed by atoms with Gasteiger partial charge < -0.3 is 0 Å². The van der Waals surface area contributed by atoms with Crippen LogP contribution in [0.25, 0.3) is 0 Å². The van der Waals surface area contributed by atoms with Crippen molar-refractivity contribution >= 4 is 15.8 Å². The quantitative estimate of drug-likeness (QED) is 0.583. The van der Waals surface area contributed by atoms with Crippen LogP contribution in [0.15, 0.2) is 89.8 Å². The van der Waals surface area contributed by atoms with Gasteiger partial charge in [-0.2, -0.15) is 0 Å². The molecule has 5 heteroatoms. The number of carbonyl (C=O) groups is 1. The van der Waals surface area contributed by atoms with Crippen LogP contribution in [0, 0.1) is 12.8 Å². The van der Waals surface area contributed by atoms with Gasteiger partial charge in [0.2, 0.25) is 10.0 Å². The molecule has 3 aromatic rings. The molecule has 3 aromatic carbocycles. The minimum atomic E-state index is -3.80. The third kappa shape index (κ3) is 4.78. The zero-order valence-electron chi connectivity index (χ0n) is 17.6. The minimum absolute atomic E-state index is 0.0339. The van der Waals surface area contributed by atoms with Gasteiger partial charge in [-0.15, -0.1) is 0 Å². The fraction of sp³-hybridized carbons (Fsp3) is 0.269. The Balaban J connectivity index is 1.77. The van der Waals surface area contributed by atoms with E-state index in [1.54, 1.807) is 24.3 Å². The monoisotopic (exact) mass is 433 g/mol. The van der Waals surface area contributed by atoms with Gasteiger partial charge in [-0.05, 0) is 48.9 Å². The smallest absolute Gasteiger partial charge is 0.241 e. The first kappa shape index (κ1) is 21.5. The predicted molar refractivity (Wildman–Crippen MR) is 122 cm³/mol. The summed E-state index contributed by atoms with van der Waals surface area (Å²) < 4.78 is 29.5.